The van der Waals surface area contributed by atoms with Crippen molar-refractivity contribution in [1.82, 2.24) is 5.32 Å². The van der Waals surface area contributed by atoms with E-state index in [2.05, 4.69) is 5.32 Å². The standard InChI is InChI=1S/C17H20ClNO3S2/c1-17(2,3)16(20)19-11-14(12-6-8-13(18)9-7-12)24(21,22)15-5-4-10-23-15/h4-10,14H,11H2,1-3H3,(H,19,20)/t14-/m0/s1. The van der Waals surface area contributed by atoms with Crippen LogP contribution in [0.5, 0.6) is 0 Å². The minimum atomic E-state index is -3.60. The van der Waals surface area contributed by atoms with Gasteiger partial charge in [0.15, 0.2) is 9.84 Å². The average molecular weight is 386 g/mol. The number of amides is 1. The molecule has 1 N–H and O–H groups in total. The monoisotopic (exact) mass is 385 g/mol. The molecule has 1 atom stereocenters. The van der Waals surface area contributed by atoms with Crippen LogP contribution in [0.3, 0.4) is 0 Å². The third-order valence-corrected chi connectivity index (χ3v) is 7.31. The number of nitrogens with one attached hydrogen (secondary N) is 1. The first-order valence-corrected chi connectivity index (χ1v) is 10.2. The first-order chi connectivity index (χ1) is 11.1. The second-order valence-corrected chi connectivity index (χ2v) is 10.2. The normalized spacial score (nSPS) is 13.5. The lowest BCUT2D eigenvalue weighted by molar-refractivity contribution is -0.128. The van der Waals surface area contributed by atoms with Crippen LogP contribution in [0.4, 0.5) is 0 Å². The van der Waals surface area contributed by atoms with Crippen molar-refractivity contribution in [2.75, 3.05) is 6.54 Å². The van der Waals surface area contributed by atoms with E-state index in [1.54, 1.807) is 62.5 Å². The molecule has 0 fully saturated rings. The maximum atomic E-state index is 13.0. The number of sulfone groups is 1. The number of benzene rings is 1. The van der Waals surface area contributed by atoms with Crippen molar-refractivity contribution in [2.24, 2.45) is 5.41 Å². The molecule has 2 aromatic rings. The van der Waals surface area contributed by atoms with Gasteiger partial charge in [-0.15, -0.1) is 11.3 Å². The van der Waals surface area contributed by atoms with Gasteiger partial charge in [-0.2, -0.15) is 0 Å². The molecule has 0 bridgehead atoms. The van der Waals surface area contributed by atoms with Gasteiger partial charge in [0.05, 0.1) is 0 Å². The predicted octanol–water partition coefficient (Wildman–Crippen LogP) is 4.08. The Balaban J connectivity index is 2.35. The summed E-state index contributed by atoms with van der Waals surface area (Å²) in [5, 5.41) is 4.15. The van der Waals surface area contributed by atoms with Gasteiger partial charge in [-0.25, -0.2) is 8.42 Å². The quantitative estimate of drug-likeness (QED) is 0.843. The molecule has 130 valence electrons. The molecule has 2 rings (SSSR count). The van der Waals surface area contributed by atoms with Crippen molar-refractivity contribution in [3.63, 3.8) is 0 Å². The molecule has 1 aromatic carbocycles. The van der Waals surface area contributed by atoms with Crippen molar-refractivity contribution >= 4 is 38.7 Å². The topological polar surface area (TPSA) is 63.2 Å². The van der Waals surface area contributed by atoms with Crippen molar-refractivity contribution in [3.05, 3.63) is 52.4 Å². The van der Waals surface area contributed by atoms with Gasteiger partial charge in [0, 0.05) is 17.0 Å². The second-order valence-electron chi connectivity index (χ2n) is 6.48. The Morgan fingerprint density at radius 2 is 1.83 bits per heavy atom. The Morgan fingerprint density at radius 3 is 2.33 bits per heavy atom. The Kier molecular flexibility index (Phi) is 5.73. The summed E-state index contributed by atoms with van der Waals surface area (Å²) in [5.74, 6) is -0.192. The van der Waals surface area contributed by atoms with Crippen LogP contribution in [0.1, 0.15) is 31.6 Å². The zero-order valence-corrected chi connectivity index (χ0v) is 16.1. The fourth-order valence-electron chi connectivity index (χ4n) is 2.10. The number of hydrogen-bond acceptors (Lipinski definition) is 4. The molecule has 0 aliphatic carbocycles. The summed E-state index contributed by atoms with van der Waals surface area (Å²) in [7, 11) is -3.60. The van der Waals surface area contributed by atoms with E-state index < -0.39 is 20.5 Å². The molecule has 4 nitrogen and oxygen atoms in total. The van der Waals surface area contributed by atoms with Gasteiger partial charge in [0.25, 0.3) is 0 Å². The second kappa shape index (κ2) is 7.25. The lowest BCUT2D eigenvalue weighted by Crippen LogP contribution is -2.38. The molecule has 0 aliphatic rings. The van der Waals surface area contributed by atoms with Gasteiger partial charge in [-0.1, -0.05) is 50.6 Å². The largest absolute Gasteiger partial charge is 0.354 e. The number of rotatable bonds is 5. The van der Waals surface area contributed by atoms with Crippen LogP contribution >= 0.6 is 22.9 Å². The molecule has 0 aliphatic heterocycles. The maximum Gasteiger partial charge on any atom is 0.225 e. The molecule has 7 heteroatoms. The summed E-state index contributed by atoms with van der Waals surface area (Å²) in [6.07, 6.45) is 0. The Morgan fingerprint density at radius 1 is 1.21 bits per heavy atom. The highest BCUT2D eigenvalue weighted by Gasteiger charge is 2.31. The van der Waals surface area contributed by atoms with Gasteiger partial charge in [-0.05, 0) is 29.1 Å². The smallest absolute Gasteiger partial charge is 0.225 e. The van der Waals surface area contributed by atoms with Crippen LogP contribution in [0.25, 0.3) is 0 Å². The Hall–Kier alpha value is -1.37. The van der Waals surface area contributed by atoms with E-state index in [0.717, 1.165) is 0 Å². The van der Waals surface area contributed by atoms with E-state index in [-0.39, 0.29) is 16.7 Å². The fraction of sp³-hybridized carbons (Fsp3) is 0.353. The van der Waals surface area contributed by atoms with Crippen LogP contribution in [-0.2, 0) is 14.6 Å². The first kappa shape index (κ1) is 19.0. The molecular formula is C17H20ClNO3S2. The Labute approximate surface area is 151 Å². The van der Waals surface area contributed by atoms with Crippen LogP contribution in [0.15, 0.2) is 46.0 Å². The van der Waals surface area contributed by atoms with E-state index >= 15 is 0 Å². The van der Waals surface area contributed by atoms with Gasteiger partial charge in [0.1, 0.15) is 9.46 Å². The van der Waals surface area contributed by atoms with E-state index in [4.69, 9.17) is 11.6 Å². The molecule has 1 aromatic heterocycles. The summed E-state index contributed by atoms with van der Waals surface area (Å²) in [6, 6.07) is 9.94. The highest BCUT2D eigenvalue weighted by Crippen LogP contribution is 2.32. The number of halogens is 1. The number of carbonyl (C=O) groups excluding carboxylic acids is 1. The maximum absolute atomic E-state index is 13.0. The molecule has 0 saturated carbocycles. The molecule has 1 amide bonds. The van der Waals surface area contributed by atoms with Gasteiger partial charge >= 0.3 is 0 Å². The van der Waals surface area contributed by atoms with Gasteiger partial charge in [-0.3, -0.25) is 4.79 Å². The lowest BCUT2D eigenvalue weighted by atomic mass is 9.95. The van der Waals surface area contributed by atoms with E-state index in [0.29, 0.717) is 10.6 Å². The molecular weight excluding hydrogens is 366 g/mol. The highest BCUT2D eigenvalue weighted by molar-refractivity contribution is 7.93. The third kappa shape index (κ3) is 4.37. The summed E-state index contributed by atoms with van der Waals surface area (Å²) in [4.78, 5) is 12.1. The number of thiophene rings is 1. The van der Waals surface area contributed by atoms with Crippen molar-refractivity contribution in [1.29, 1.82) is 0 Å². The molecule has 0 unspecified atom stereocenters. The van der Waals surface area contributed by atoms with E-state index in [9.17, 15) is 13.2 Å². The predicted molar refractivity (Wildman–Crippen MR) is 98.2 cm³/mol. The van der Waals surface area contributed by atoms with Gasteiger partial charge < -0.3 is 5.32 Å². The zero-order chi connectivity index (χ0) is 18.0. The molecule has 24 heavy (non-hydrogen) atoms. The minimum Gasteiger partial charge on any atom is -0.354 e. The zero-order valence-electron chi connectivity index (χ0n) is 13.7. The minimum absolute atomic E-state index is 0.0119. The van der Waals surface area contributed by atoms with Crippen molar-refractivity contribution in [3.8, 4) is 0 Å². The number of carbonyl (C=O) groups is 1. The van der Waals surface area contributed by atoms with Crippen molar-refractivity contribution < 1.29 is 13.2 Å². The Bertz CT molecular complexity index is 791. The van der Waals surface area contributed by atoms with Gasteiger partial charge in [0.2, 0.25) is 5.91 Å². The fourth-order valence-corrected chi connectivity index (χ4v) is 5.09. The molecule has 0 radical (unpaired) electrons. The van der Waals surface area contributed by atoms with Crippen LogP contribution in [-0.4, -0.2) is 20.9 Å². The third-order valence-electron chi connectivity index (χ3n) is 3.52. The van der Waals surface area contributed by atoms with E-state index in [1.807, 2.05) is 0 Å². The molecule has 0 saturated heterocycles. The van der Waals surface area contributed by atoms with Crippen LogP contribution in [0, 0.1) is 5.41 Å². The first-order valence-electron chi connectivity index (χ1n) is 7.43. The molecule has 1 heterocycles. The average Bonchev–Trinajstić information content (AvgIpc) is 3.03. The highest BCUT2D eigenvalue weighted by atomic mass is 35.5. The number of hydrogen-bond donors (Lipinski definition) is 1. The summed E-state index contributed by atoms with van der Waals surface area (Å²) in [6.45, 7) is 5.37. The van der Waals surface area contributed by atoms with Crippen LogP contribution < -0.4 is 5.32 Å². The van der Waals surface area contributed by atoms with Crippen molar-refractivity contribution in [2.45, 2.75) is 30.2 Å². The molecule has 0 spiro atoms. The van der Waals surface area contributed by atoms with E-state index in [1.165, 1.54) is 11.3 Å². The summed E-state index contributed by atoms with van der Waals surface area (Å²) in [5.41, 5.74) is 0.0130. The SMILES string of the molecule is CC(C)(C)C(=O)NC[C@@H](c1ccc(Cl)cc1)S(=O)(=O)c1cccs1. The van der Waals surface area contributed by atoms with Crippen LogP contribution in [0.2, 0.25) is 5.02 Å². The summed E-state index contributed by atoms with van der Waals surface area (Å²) < 4.78 is 26.2. The summed E-state index contributed by atoms with van der Waals surface area (Å²) >= 11 is 7.07. The lowest BCUT2D eigenvalue weighted by Gasteiger charge is -2.22.